The summed E-state index contributed by atoms with van der Waals surface area (Å²) < 4.78 is 0.895. The van der Waals surface area contributed by atoms with Crippen LogP contribution in [-0.4, -0.2) is 43.0 Å². The van der Waals surface area contributed by atoms with E-state index < -0.39 is 0 Å². The van der Waals surface area contributed by atoms with Gasteiger partial charge in [0, 0.05) is 30.1 Å². The summed E-state index contributed by atoms with van der Waals surface area (Å²) in [6, 6.07) is 5.80. The summed E-state index contributed by atoms with van der Waals surface area (Å²) >= 11 is 9.41. The molecule has 0 saturated carbocycles. The second kappa shape index (κ2) is 6.70. The van der Waals surface area contributed by atoms with Crippen LogP contribution in [0.15, 0.2) is 22.7 Å². The Labute approximate surface area is 126 Å². The van der Waals surface area contributed by atoms with Crippen molar-refractivity contribution < 1.29 is 4.79 Å². The van der Waals surface area contributed by atoms with Gasteiger partial charge in [-0.3, -0.25) is 9.69 Å². The minimum atomic E-state index is -0.0297. The Balaban J connectivity index is 1.93. The minimum Gasteiger partial charge on any atom is -0.324 e. The van der Waals surface area contributed by atoms with Crippen molar-refractivity contribution in [3.05, 3.63) is 27.7 Å². The topological polar surface area (TPSA) is 44.4 Å². The highest BCUT2D eigenvalue weighted by Gasteiger charge is 2.20. The number of rotatable bonds is 3. The number of halogens is 2. The van der Waals surface area contributed by atoms with Crippen molar-refractivity contribution in [2.24, 2.45) is 0 Å². The molecule has 1 aromatic carbocycles. The number of hydrogen-bond acceptors (Lipinski definition) is 3. The van der Waals surface area contributed by atoms with E-state index >= 15 is 0 Å². The van der Waals surface area contributed by atoms with Crippen LogP contribution in [-0.2, 0) is 4.79 Å². The molecule has 1 aliphatic rings. The Bertz CT molecular complexity index is 469. The molecule has 0 spiro atoms. The first-order chi connectivity index (χ1) is 9.06. The summed E-state index contributed by atoms with van der Waals surface area (Å²) in [5, 5.41) is 6.69. The number of nitrogens with one attached hydrogen (secondary N) is 2. The van der Waals surface area contributed by atoms with Crippen molar-refractivity contribution in [3.63, 3.8) is 0 Å². The molecule has 0 aliphatic carbocycles. The number of benzene rings is 1. The van der Waals surface area contributed by atoms with Crippen molar-refractivity contribution in [2.45, 2.75) is 13.0 Å². The molecule has 1 heterocycles. The van der Waals surface area contributed by atoms with Crippen LogP contribution in [0.2, 0.25) is 5.02 Å². The molecule has 6 heteroatoms. The average molecular weight is 347 g/mol. The lowest BCUT2D eigenvalue weighted by Gasteiger charge is -2.33. The predicted molar refractivity (Wildman–Crippen MR) is 81.7 cm³/mol. The third-order valence-electron chi connectivity index (χ3n) is 3.19. The van der Waals surface area contributed by atoms with Gasteiger partial charge in [0.1, 0.15) is 0 Å². The lowest BCUT2D eigenvalue weighted by molar-refractivity contribution is -0.118. The fourth-order valence-corrected chi connectivity index (χ4v) is 2.80. The lowest BCUT2D eigenvalue weighted by atomic mass is 10.2. The molecule has 1 atom stereocenters. The summed E-state index contributed by atoms with van der Waals surface area (Å²) in [5.41, 5.74) is 0.651. The number of nitrogens with zero attached hydrogens (tertiary/aromatic N) is 1. The number of piperazine rings is 1. The van der Waals surface area contributed by atoms with Crippen LogP contribution >= 0.6 is 27.5 Å². The van der Waals surface area contributed by atoms with Crippen LogP contribution in [0.4, 0.5) is 5.69 Å². The van der Waals surface area contributed by atoms with Crippen LogP contribution in [0.3, 0.4) is 0 Å². The van der Waals surface area contributed by atoms with E-state index in [9.17, 15) is 4.79 Å². The molecule has 2 N–H and O–H groups in total. The first-order valence-corrected chi connectivity index (χ1v) is 7.43. The van der Waals surface area contributed by atoms with Crippen molar-refractivity contribution in [3.8, 4) is 0 Å². The highest BCUT2D eigenvalue weighted by Crippen LogP contribution is 2.25. The van der Waals surface area contributed by atoms with Gasteiger partial charge in [-0.25, -0.2) is 0 Å². The lowest BCUT2D eigenvalue weighted by Crippen LogP contribution is -2.51. The third kappa shape index (κ3) is 4.18. The van der Waals surface area contributed by atoms with Gasteiger partial charge in [-0.15, -0.1) is 0 Å². The molecule has 1 aromatic rings. The van der Waals surface area contributed by atoms with Gasteiger partial charge in [0.2, 0.25) is 5.91 Å². The van der Waals surface area contributed by atoms with E-state index in [0.717, 1.165) is 24.1 Å². The highest BCUT2D eigenvalue weighted by molar-refractivity contribution is 9.10. The Morgan fingerprint density at radius 3 is 3.11 bits per heavy atom. The van der Waals surface area contributed by atoms with Gasteiger partial charge in [0.15, 0.2) is 0 Å². The summed E-state index contributed by atoms with van der Waals surface area (Å²) in [6.07, 6.45) is 0. The number of hydrogen-bond donors (Lipinski definition) is 2. The molecule has 104 valence electrons. The molecule has 0 aromatic heterocycles. The SMILES string of the molecule is C[C@H]1CNCCN1CC(=O)Nc1ccc(Br)cc1Cl. The fourth-order valence-electron chi connectivity index (χ4n) is 2.08. The predicted octanol–water partition coefficient (Wildman–Crippen LogP) is 2.33. The molecule has 1 saturated heterocycles. The van der Waals surface area contributed by atoms with E-state index in [-0.39, 0.29) is 5.91 Å². The summed E-state index contributed by atoms with van der Waals surface area (Å²) in [7, 11) is 0. The molecular weight excluding hydrogens is 330 g/mol. The van der Waals surface area contributed by atoms with Gasteiger partial charge in [-0.2, -0.15) is 0 Å². The molecule has 1 aliphatic heterocycles. The Morgan fingerprint density at radius 1 is 1.63 bits per heavy atom. The maximum absolute atomic E-state index is 12.0. The van der Waals surface area contributed by atoms with Crippen LogP contribution in [0.1, 0.15) is 6.92 Å². The standard InChI is InChI=1S/C13H17BrClN3O/c1-9-7-16-4-5-18(9)8-13(19)17-12-3-2-10(14)6-11(12)15/h2-3,6,9,16H,4-5,7-8H2,1H3,(H,17,19)/t9-/m0/s1. The van der Waals surface area contributed by atoms with Crippen LogP contribution < -0.4 is 10.6 Å². The van der Waals surface area contributed by atoms with Gasteiger partial charge < -0.3 is 10.6 Å². The summed E-state index contributed by atoms with van der Waals surface area (Å²) in [6.45, 7) is 5.26. The maximum atomic E-state index is 12.0. The van der Waals surface area contributed by atoms with E-state index in [2.05, 4.69) is 38.4 Å². The first-order valence-electron chi connectivity index (χ1n) is 6.26. The Kier molecular flexibility index (Phi) is 5.21. The van der Waals surface area contributed by atoms with Gasteiger partial charge >= 0.3 is 0 Å². The summed E-state index contributed by atoms with van der Waals surface area (Å²) in [5.74, 6) is -0.0297. The molecule has 0 bridgehead atoms. The van der Waals surface area contributed by atoms with E-state index in [1.165, 1.54) is 0 Å². The molecule has 1 fully saturated rings. The zero-order chi connectivity index (χ0) is 13.8. The molecule has 4 nitrogen and oxygen atoms in total. The zero-order valence-electron chi connectivity index (χ0n) is 10.7. The number of carbonyl (C=O) groups is 1. The molecule has 2 rings (SSSR count). The van der Waals surface area contributed by atoms with Crippen LogP contribution in [0.25, 0.3) is 0 Å². The monoisotopic (exact) mass is 345 g/mol. The van der Waals surface area contributed by atoms with Gasteiger partial charge in [0.25, 0.3) is 0 Å². The van der Waals surface area contributed by atoms with E-state index in [0.29, 0.717) is 23.3 Å². The quantitative estimate of drug-likeness (QED) is 0.883. The molecule has 0 radical (unpaired) electrons. The summed E-state index contributed by atoms with van der Waals surface area (Å²) in [4.78, 5) is 14.2. The maximum Gasteiger partial charge on any atom is 0.238 e. The number of anilines is 1. The van der Waals surface area contributed by atoms with Gasteiger partial charge in [-0.05, 0) is 25.1 Å². The van der Waals surface area contributed by atoms with Gasteiger partial charge in [-0.1, -0.05) is 27.5 Å². The minimum absolute atomic E-state index is 0.0297. The fraction of sp³-hybridized carbons (Fsp3) is 0.462. The second-order valence-electron chi connectivity index (χ2n) is 4.70. The Morgan fingerprint density at radius 2 is 2.42 bits per heavy atom. The molecule has 19 heavy (non-hydrogen) atoms. The smallest absolute Gasteiger partial charge is 0.238 e. The normalized spacial score (nSPS) is 20.3. The van der Waals surface area contributed by atoms with Crippen LogP contribution in [0, 0.1) is 0 Å². The number of carbonyl (C=O) groups excluding carboxylic acids is 1. The van der Waals surface area contributed by atoms with E-state index in [1.807, 2.05) is 6.07 Å². The van der Waals surface area contributed by atoms with Crippen molar-refractivity contribution in [1.29, 1.82) is 0 Å². The van der Waals surface area contributed by atoms with E-state index in [1.54, 1.807) is 12.1 Å². The zero-order valence-corrected chi connectivity index (χ0v) is 13.1. The van der Waals surface area contributed by atoms with Crippen LogP contribution in [0.5, 0.6) is 0 Å². The highest BCUT2D eigenvalue weighted by atomic mass is 79.9. The third-order valence-corrected chi connectivity index (χ3v) is 4.00. The van der Waals surface area contributed by atoms with Gasteiger partial charge in [0.05, 0.1) is 17.3 Å². The molecule has 0 unspecified atom stereocenters. The second-order valence-corrected chi connectivity index (χ2v) is 6.02. The largest absolute Gasteiger partial charge is 0.324 e. The molecular formula is C13H17BrClN3O. The van der Waals surface area contributed by atoms with E-state index in [4.69, 9.17) is 11.6 Å². The Hall–Kier alpha value is -0.620. The van der Waals surface area contributed by atoms with Crippen molar-refractivity contribution >= 4 is 39.1 Å². The average Bonchev–Trinajstić information content (AvgIpc) is 2.36. The number of amides is 1. The van der Waals surface area contributed by atoms with Crippen molar-refractivity contribution in [1.82, 2.24) is 10.2 Å². The molecule has 1 amide bonds. The first kappa shape index (κ1) is 14.8. The van der Waals surface area contributed by atoms with Crippen molar-refractivity contribution in [2.75, 3.05) is 31.5 Å².